The minimum Gasteiger partial charge on any atom is -0.335 e. The fourth-order valence-corrected chi connectivity index (χ4v) is 3.57. The molecule has 0 aliphatic carbocycles. The van der Waals surface area contributed by atoms with Gasteiger partial charge >= 0.3 is 0 Å². The number of hydrogen-bond donors (Lipinski definition) is 2. The van der Waals surface area contributed by atoms with Crippen molar-refractivity contribution in [2.24, 2.45) is 0 Å². The number of nitrogens with one attached hydrogen (secondary N) is 1. The van der Waals surface area contributed by atoms with Crippen LogP contribution in [0, 0.1) is 10.1 Å². The van der Waals surface area contributed by atoms with Gasteiger partial charge in [0.1, 0.15) is 0 Å². The highest BCUT2D eigenvalue weighted by atomic mass is 32.2. The fraction of sp³-hybridized carbons (Fsp3) is 0.286. The quantitative estimate of drug-likeness (QED) is 0.257. The topological polar surface area (TPSA) is 129 Å². The molecule has 0 radical (unpaired) electrons. The number of nitro benzene ring substituents is 1. The van der Waals surface area contributed by atoms with Gasteiger partial charge in [-0.25, -0.2) is 4.68 Å². The molecule has 1 amide bonds. The van der Waals surface area contributed by atoms with Gasteiger partial charge in [0.15, 0.2) is 5.82 Å². The average Bonchev–Trinajstić information content (AvgIpc) is 3.08. The predicted octanol–water partition coefficient (Wildman–Crippen LogP) is 3.98. The van der Waals surface area contributed by atoms with E-state index in [1.165, 1.54) is 46.3 Å². The summed E-state index contributed by atoms with van der Waals surface area (Å²) in [6.07, 6.45) is 0. The van der Waals surface area contributed by atoms with E-state index in [0.717, 1.165) is 5.56 Å². The van der Waals surface area contributed by atoms with E-state index in [1.54, 1.807) is 6.92 Å². The molecule has 0 aliphatic heterocycles. The van der Waals surface area contributed by atoms with Gasteiger partial charge in [0.2, 0.25) is 11.1 Å². The van der Waals surface area contributed by atoms with Crippen LogP contribution in [0.3, 0.4) is 0 Å². The Morgan fingerprint density at radius 3 is 2.29 bits per heavy atom. The lowest BCUT2D eigenvalue weighted by molar-refractivity contribution is -0.384. The van der Waals surface area contributed by atoms with Crippen LogP contribution in [0.15, 0.2) is 53.7 Å². The second kappa shape index (κ2) is 8.76. The summed E-state index contributed by atoms with van der Waals surface area (Å²) in [5.41, 5.74) is 2.50. The molecular formula is C21H24N6O3S. The lowest BCUT2D eigenvalue weighted by Crippen LogP contribution is -2.23. The first-order valence-corrected chi connectivity index (χ1v) is 10.5. The highest BCUT2D eigenvalue weighted by Crippen LogP contribution is 2.28. The van der Waals surface area contributed by atoms with Crippen LogP contribution in [0.2, 0.25) is 0 Å². The van der Waals surface area contributed by atoms with E-state index in [-0.39, 0.29) is 17.0 Å². The number of hydrogen-bond acceptors (Lipinski definition) is 7. The minimum atomic E-state index is -0.516. The van der Waals surface area contributed by atoms with E-state index in [4.69, 9.17) is 5.84 Å². The van der Waals surface area contributed by atoms with Crippen molar-refractivity contribution in [3.63, 3.8) is 0 Å². The van der Waals surface area contributed by atoms with Gasteiger partial charge in [0.25, 0.3) is 5.69 Å². The lowest BCUT2D eigenvalue weighted by atomic mass is 9.87. The maximum absolute atomic E-state index is 12.5. The zero-order valence-electron chi connectivity index (χ0n) is 17.7. The Morgan fingerprint density at radius 2 is 1.74 bits per heavy atom. The summed E-state index contributed by atoms with van der Waals surface area (Å²) in [6, 6.07) is 13.6. The second-order valence-corrected chi connectivity index (χ2v) is 9.36. The number of carbonyl (C=O) groups excluding carboxylic acids is 1. The van der Waals surface area contributed by atoms with Crippen LogP contribution in [0.25, 0.3) is 11.4 Å². The summed E-state index contributed by atoms with van der Waals surface area (Å²) in [5, 5.41) is 21.6. The Kier molecular flexibility index (Phi) is 6.30. The maximum atomic E-state index is 12.5. The largest absolute Gasteiger partial charge is 0.335 e. The monoisotopic (exact) mass is 440 g/mol. The van der Waals surface area contributed by atoms with Gasteiger partial charge in [-0.15, -0.1) is 10.2 Å². The van der Waals surface area contributed by atoms with Crippen LogP contribution in [0.4, 0.5) is 11.4 Å². The number of aromatic nitrogens is 3. The molecule has 1 unspecified atom stereocenters. The van der Waals surface area contributed by atoms with Gasteiger partial charge in [-0.3, -0.25) is 14.9 Å². The van der Waals surface area contributed by atoms with Crippen LogP contribution < -0.4 is 11.2 Å². The van der Waals surface area contributed by atoms with Crippen LogP contribution in [0.1, 0.15) is 33.3 Å². The molecule has 1 heterocycles. The van der Waals surface area contributed by atoms with E-state index in [0.29, 0.717) is 16.7 Å². The van der Waals surface area contributed by atoms with Crippen molar-refractivity contribution >= 4 is 29.0 Å². The van der Waals surface area contributed by atoms with Crippen molar-refractivity contribution in [3.8, 4) is 11.4 Å². The number of nitrogens with zero attached hydrogens (tertiary/aromatic N) is 4. The molecule has 2 aromatic carbocycles. The SMILES string of the molecule is CC(Sc1nnc(-c2ccc(C(C)(C)C)cc2)n1N)C(=O)Nc1ccc([N+](=O)[O-])cc1. The van der Waals surface area contributed by atoms with Crippen LogP contribution in [0.5, 0.6) is 0 Å². The third-order valence-corrected chi connectivity index (χ3v) is 5.73. The molecule has 3 N–H and O–H groups in total. The van der Waals surface area contributed by atoms with Gasteiger partial charge in [-0.05, 0) is 30.0 Å². The van der Waals surface area contributed by atoms with Gasteiger partial charge in [-0.1, -0.05) is 56.8 Å². The normalized spacial score (nSPS) is 12.4. The maximum Gasteiger partial charge on any atom is 0.269 e. The number of amides is 1. The molecule has 0 saturated carbocycles. The zero-order chi connectivity index (χ0) is 22.8. The lowest BCUT2D eigenvalue weighted by Gasteiger charge is -2.19. The Morgan fingerprint density at radius 1 is 1.13 bits per heavy atom. The number of benzene rings is 2. The van der Waals surface area contributed by atoms with Crippen molar-refractivity contribution in [1.29, 1.82) is 0 Å². The molecule has 10 heteroatoms. The number of nitrogens with two attached hydrogens (primary N) is 1. The van der Waals surface area contributed by atoms with Crippen LogP contribution in [-0.2, 0) is 10.2 Å². The molecule has 0 saturated heterocycles. The van der Waals surface area contributed by atoms with Crippen molar-refractivity contribution < 1.29 is 9.72 Å². The van der Waals surface area contributed by atoms with Gasteiger partial charge in [0.05, 0.1) is 10.2 Å². The molecule has 0 bridgehead atoms. The van der Waals surface area contributed by atoms with E-state index < -0.39 is 10.2 Å². The Labute approximate surface area is 184 Å². The summed E-state index contributed by atoms with van der Waals surface area (Å²) >= 11 is 1.17. The molecule has 0 spiro atoms. The van der Waals surface area contributed by atoms with Gasteiger partial charge < -0.3 is 11.2 Å². The third-order valence-electron chi connectivity index (χ3n) is 4.67. The molecule has 1 aromatic heterocycles. The number of carbonyl (C=O) groups is 1. The predicted molar refractivity (Wildman–Crippen MR) is 121 cm³/mol. The first-order chi connectivity index (χ1) is 14.6. The van der Waals surface area contributed by atoms with E-state index in [2.05, 4.69) is 36.3 Å². The summed E-state index contributed by atoms with van der Waals surface area (Å²) in [5.74, 6) is 6.41. The molecule has 0 aliphatic rings. The molecule has 162 valence electrons. The summed E-state index contributed by atoms with van der Waals surface area (Å²) in [7, 11) is 0. The fourth-order valence-electron chi connectivity index (χ4n) is 2.80. The highest BCUT2D eigenvalue weighted by molar-refractivity contribution is 8.00. The average molecular weight is 441 g/mol. The second-order valence-electron chi connectivity index (χ2n) is 8.06. The van der Waals surface area contributed by atoms with Crippen LogP contribution >= 0.6 is 11.8 Å². The van der Waals surface area contributed by atoms with E-state index in [9.17, 15) is 14.9 Å². The van der Waals surface area contributed by atoms with Gasteiger partial charge in [-0.2, -0.15) is 0 Å². The molecule has 0 fully saturated rings. The van der Waals surface area contributed by atoms with Crippen molar-refractivity contribution in [3.05, 3.63) is 64.2 Å². The highest BCUT2D eigenvalue weighted by Gasteiger charge is 2.21. The molecule has 3 aromatic rings. The van der Waals surface area contributed by atoms with Crippen LogP contribution in [-0.4, -0.2) is 31.0 Å². The van der Waals surface area contributed by atoms with Crippen molar-refractivity contribution in [2.75, 3.05) is 11.2 Å². The van der Waals surface area contributed by atoms with E-state index in [1.807, 2.05) is 24.3 Å². The molecular weight excluding hydrogens is 416 g/mol. The Hall–Kier alpha value is -3.40. The summed E-state index contributed by atoms with van der Waals surface area (Å²) < 4.78 is 1.37. The Balaban J connectivity index is 1.68. The number of anilines is 1. The van der Waals surface area contributed by atoms with Crippen molar-refractivity contribution in [1.82, 2.24) is 14.9 Å². The number of nitrogen functional groups attached to an aromatic ring is 1. The number of nitro groups is 1. The van der Waals surface area contributed by atoms with Crippen molar-refractivity contribution in [2.45, 2.75) is 43.5 Å². The zero-order valence-corrected chi connectivity index (χ0v) is 18.5. The molecule has 9 nitrogen and oxygen atoms in total. The number of thioether (sulfide) groups is 1. The molecule has 3 rings (SSSR count). The van der Waals surface area contributed by atoms with Gasteiger partial charge in [0, 0.05) is 23.4 Å². The standard InChI is InChI=1S/C21H24N6O3S/c1-13(19(28)23-16-9-11-17(12-10-16)27(29)30)31-20-25-24-18(26(20)22)14-5-7-15(8-6-14)21(2,3)4/h5-13H,22H2,1-4H3,(H,23,28). The minimum absolute atomic E-state index is 0.0419. The number of non-ortho nitro benzene ring substituents is 1. The van der Waals surface area contributed by atoms with E-state index >= 15 is 0 Å². The third kappa shape index (κ3) is 5.21. The smallest absolute Gasteiger partial charge is 0.269 e. The molecule has 31 heavy (non-hydrogen) atoms. The number of rotatable bonds is 6. The first-order valence-electron chi connectivity index (χ1n) is 9.59. The first kappa shape index (κ1) is 22.3. The summed E-state index contributed by atoms with van der Waals surface area (Å²) in [6.45, 7) is 8.15. The summed E-state index contributed by atoms with van der Waals surface area (Å²) in [4.78, 5) is 22.7. The molecule has 1 atom stereocenters. The Bertz CT molecular complexity index is 1090.